The van der Waals surface area contributed by atoms with Crippen LogP contribution in [0.25, 0.3) is 0 Å². The lowest BCUT2D eigenvalue weighted by Gasteiger charge is -2.14. The van der Waals surface area contributed by atoms with Crippen LogP contribution in [0.2, 0.25) is 0 Å². The van der Waals surface area contributed by atoms with E-state index in [-0.39, 0.29) is 17.5 Å². The third-order valence-corrected chi connectivity index (χ3v) is 2.97. The fraction of sp³-hybridized carbons (Fsp3) is 0.308. The molecule has 20 heavy (non-hydrogen) atoms. The number of ether oxygens (including phenoxy) is 2. The molecule has 2 heterocycles. The summed E-state index contributed by atoms with van der Waals surface area (Å²) in [6, 6.07) is 6.28. The van der Waals surface area contributed by atoms with Crippen LogP contribution in [-0.2, 0) is 19.1 Å². The highest BCUT2D eigenvalue weighted by molar-refractivity contribution is 6.20. The minimum Gasteiger partial charge on any atom is -0.350 e. The van der Waals surface area contributed by atoms with Gasteiger partial charge in [-0.1, -0.05) is 17.2 Å². The van der Waals surface area contributed by atoms with Gasteiger partial charge in [-0.3, -0.25) is 9.59 Å². The van der Waals surface area contributed by atoms with Crippen LogP contribution in [-0.4, -0.2) is 42.4 Å². The zero-order valence-electron chi connectivity index (χ0n) is 10.4. The lowest BCUT2D eigenvalue weighted by atomic mass is 10.1. The van der Waals surface area contributed by atoms with Crippen molar-refractivity contribution in [2.75, 3.05) is 13.2 Å². The van der Waals surface area contributed by atoms with E-state index < -0.39 is 24.1 Å². The highest BCUT2D eigenvalue weighted by Crippen LogP contribution is 2.23. The number of carbonyl (C=O) groups excluding carboxylic acids is 3. The van der Waals surface area contributed by atoms with Crippen molar-refractivity contribution in [3.05, 3.63) is 35.4 Å². The lowest BCUT2D eigenvalue weighted by molar-refractivity contribution is -0.176. The second-order valence-corrected chi connectivity index (χ2v) is 4.29. The van der Waals surface area contributed by atoms with Crippen molar-refractivity contribution in [3.63, 3.8) is 0 Å². The smallest absolute Gasteiger partial charge is 0.338 e. The summed E-state index contributed by atoms with van der Waals surface area (Å²) < 4.78 is 10.2. The Morgan fingerprint density at radius 2 is 1.70 bits per heavy atom. The van der Waals surface area contributed by atoms with Gasteiger partial charge in [0.1, 0.15) is 0 Å². The van der Waals surface area contributed by atoms with E-state index in [1.165, 1.54) is 12.1 Å². The van der Waals surface area contributed by atoms with Gasteiger partial charge in [-0.15, -0.1) is 0 Å². The van der Waals surface area contributed by atoms with Crippen molar-refractivity contribution >= 4 is 17.8 Å². The largest absolute Gasteiger partial charge is 0.350 e. The Balaban J connectivity index is 1.68. The second kappa shape index (κ2) is 5.03. The average Bonchev–Trinajstić information content (AvgIpc) is 3.03. The Hall–Kier alpha value is -2.25. The third-order valence-electron chi connectivity index (χ3n) is 2.97. The first kappa shape index (κ1) is 12.8. The topological polar surface area (TPSA) is 82.1 Å². The van der Waals surface area contributed by atoms with Gasteiger partial charge in [-0.2, -0.15) is 0 Å². The zero-order valence-corrected chi connectivity index (χ0v) is 10.4. The van der Waals surface area contributed by atoms with E-state index in [0.29, 0.717) is 18.3 Å². The van der Waals surface area contributed by atoms with E-state index in [2.05, 4.69) is 0 Å². The number of imide groups is 1. The number of hydrogen-bond acceptors (Lipinski definition) is 6. The minimum atomic E-state index is -0.758. The van der Waals surface area contributed by atoms with Crippen LogP contribution in [0.1, 0.15) is 27.1 Å². The molecule has 0 aliphatic carbocycles. The van der Waals surface area contributed by atoms with Gasteiger partial charge < -0.3 is 14.3 Å². The maximum Gasteiger partial charge on any atom is 0.338 e. The summed E-state index contributed by atoms with van der Waals surface area (Å²) in [5, 5.41) is 0.474. The SMILES string of the molecule is O=C(CC1OCCO1)ON1C(=O)c2ccccc2C1=O. The van der Waals surface area contributed by atoms with Crippen LogP contribution in [0.3, 0.4) is 0 Å². The van der Waals surface area contributed by atoms with Crippen molar-refractivity contribution < 1.29 is 28.7 Å². The van der Waals surface area contributed by atoms with Crippen molar-refractivity contribution in [3.8, 4) is 0 Å². The highest BCUT2D eigenvalue weighted by Gasteiger charge is 2.39. The summed E-state index contributed by atoms with van der Waals surface area (Å²) in [4.78, 5) is 40.4. The fourth-order valence-corrected chi connectivity index (χ4v) is 2.05. The Labute approximate surface area is 114 Å². The molecule has 2 aliphatic heterocycles. The molecule has 0 N–H and O–H groups in total. The number of carbonyl (C=O) groups is 3. The lowest BCUT2D eigenvalue weighted by Crippen LogP contribution is -2.33. The minimum absolute atomic E-state index is 0.173. The summed E-state index contributed by atoms with van der Waals surface area (Å²) in [5.74, 6) is -2.05. The molecule has 1 saturated heterocycles. The third kappa shape index (κ3) is 2.17. The Morgan fingerprint density at radius 3 is 2.25 bits per heavy atom. The summed E-state index contributed by atoms with van der Waals surface area (Å²) in [5.41, 5.74) is 0.442. The summed E-state index contributed by atoms with van der Waals surface area (Å²) >= 11 is 0. The Bertz CT molecular complexity index is 543. The number of hydrogen-bond donors (Lipinski definition) is 0. The standard InChI is InChI=1S/C13H11NO6/c15-10(7-11-18-5-6-19-11)20-14-12(16)8-3-1-2-4-9(8)13(14)17/h1-4,11H,5-7H2. The maximum atomic E-state index is 11.9. The number of rotatable bonds is 3. The number of benzene rings is 1. The van der Waals surface area contributed by atoms with E-state index in [4.69, 9.17) is 14.3 Å². The maximum absolute atomic E-state index is 11.9. The predicted molar refractivity (Wildman–Crippen MR) is 63.3 cm³/mol. The van der Waals surface area contributed by atoms with Gasteiger partial charge in [0.15, 0.2) is 6.29 Å². The Kier molecular flexibility index (Phi) is 3.21. The summed E-state index contributed by atoms with van der Waals surface area (Å²) in [6.07, 6.45) is -0.856. The van der Waals surface area contributed by atoms with Crippen LogP contribution >= 0.6 is 0 Å². The van der Waals surface area contributed by atoms with Gasteiger partial charge in [0.2, 0.25) is 0 Å². The molecule has 1 fully saturated rings. The van der Waals surface area contributed by atoms with Crippen LogP contribution in [0, 0.1) is 0 Å². The molecule has 0 spiro atoms. The van der Waals surface area contributed by atoms with Gasteiger partial charge in [-0.25, -0.2) is 4.79 Å². The molecule has 7 nitrogen and oxygen atoms in total. The molecule has 0 radical (unpaired) electrons. The molecular weight excluding hydrogens is 266 g/mol. The summed E-state index contributed by atoms with van der Waals surface area (Å²) in [6.45, 7) is 0.815. The molecule has 3 rings (SSSR count). The van der Waals surface area contributed by atoms with E-state index in [1.807, 2.05) is 0 Å². The van der Waals surface area contributed by atoms with Gasteiger partial charge in [0, 0.05) is 0 Å². The van der Waals surface area contributed by atoms with Crippen LogP contribution in [0.4, 0.5) is 0 Å². The molecule has 0 unspecified atom stereocenters. The molecular formula is C13H11NO6. The molecule has 2 amide bonds. The van der Waals surface area contributed by atoms with Crippen LogP contribution in [0.5, 0.6) is 0 Å². The first-order valence-electron chi connectivity index (χ1n) is 6.08. The summed E-state index contributed by atoms with van der Waals surface area (Å²) in [7, 11) is 0. The van der Waals surface area contributed by atoms with Gasteiger partial charge in [-0.05, 0) is 12.1 Å². The first-order valence-corrected chi connectivity index (χ1v) is 6.08. The second-order valence-electron chi connectivity index (χ2n) is 4.29. The van der Waals surface area contributed by atoms with Gasteiger partial charge in [0.05, 0.1) is 30.8 Å². The molecule has 0 aromatic heterocycles. The van der Waals surface area contributed by atoms with Crippen molar-refractivity contribution in [1.82, 2.24) is 5.06 Å². The van der Waals surface area contributed by atoms with Gasteiger partial charge >= 0.3 is 5.97 Å². The molecule has 0 atom stereocenters. The van der Waals surface area contributed by atoms with E-state index in [0.717, 1.165) is 0 Å². The molecule has 2 aliphatic rings. The molecule has 0 saturated carbocycles. The fourth-order valence-electron chi connectivity index (χ4n) is 2.05. The number of hydroxylamine groups is 2. The predicted octanol–water partition coefficient (Wildman–Crippen LogP) is 0.504. The molecule has 1 aromatic carbocycles. The number of fused-ring (bicyclic) bond motifs is 1. The molecule has 7 heteroatoms. The van der Waals surface area contributed by atoms with Crippen molar-refractivity contribution in [1.29, 1.82) is 0 Å². The molecule has 104 valence electrons. The highest BCUT2D eigenvalue weighted by atomic mass is 16.7. The molecule has 1 aromatic rings. The van der Waals surface area contributed by atoms with E-state index in [9.17, 15) is 14.4 Å². The van der Waals surface area contributed by atoms with Crippen LogP contribution in [0.15, 0.2) is 24.3 Å². The van der Waals surface area contributed by atoms with Crippen molar-refractivity contribution in [2.24, 2.45) is 0 Å². The van der Waals surface area contributed by atoms with Crippen LogP contribution < -0.4 is 0 Å². The van der Waals surface area contributed by atoms with E-state index in [1.54, 1.807) is 12.1 Å². The first-order chi connectivity index (χ1) is 9.66. The quantitative estimate of drug-likeness (QED) is 0.748. The van der Waals surface area contributed by atoms with Crippen molar-refractivity contribution in [2.45, 2.75) is 12.7 Å². The Morgan fingerprint density at radius 1 is 1.15 bits per heavy atom. The van der Waals surface area contributed by atoms with E-state index >= 15 is 0 Å². The molecule has 0 bridgehead atoms. The monoisotopic (exact) mass is 277 g/mol. The average molecular weight is 277 g/mol. The number of nitrogens with zero attached hydrogens (tertiary/aromatic N) is 1. The van der Waals surface area contributed by atoms with Gasteiger partial charge in [0.25, 0.3) is 11.8 Å². The zero-order chi connectivity index (χ0) is 14.1. The normalized spacial score (nSPS) is 18.5. The number of amides is 2.